The molecule has 106 valence electrons. The number of nitrogens with one attached hydrogen (secondary N) is 1. The van der Waals surface area contributed by atoms with E-state index >= 15 is 0 Å². The fourth-order valence-electron chi connectivity index (χ4n) is 2.34. The smallest absolute Gasteiger partial charge is 0.230 e. The molecular formula is C13H19N7. The minimum absolute atomic E-state index is 0.613. The number of rotatable bonds is 4. The van der Waals surface area contributed by atoms with E-state index in [0.29, 0.717) is 11.8 Å². The van der Waals surface area contributed by atoms with E-state index < -0.39 is 0 Å². The first-order chi connectivity index (χ1) is 9.78. The van der Waals surface area contributed by atoms with E-state index in [1.807, 2.05) is 24.7 Å². The first kappa shape index (κ1) is 12.8. The highest BCUT2D eigenvalue weighted by Gasteiger charge is 2.19. The van der Waals surface area contributed by atoms with E-state index in [4.69, 9.17) is 0 Å². The summed E-state index contributed by atoms with van der Waals surface area (Å²) < 4.78 is 1.92. The minimum atomic E-state index is 0.613. The molecule has 2 aromatic rings. The van der Waals surface area contributed by atoms with Gasteiger partial charge in [-0.2, -0.15) is 15.0 Å². The molecule has 20 heavy (non-hydrogen) atoms. The Labute approximate surface area is 118 Å². The van der Waals surface area contributed by atoms with Crippen LogP contribution in [0.1, 0.15) is 19.8 Å². The molecule has 3 rings (SSSR count). The van der Waals surface area contributed by atoms with Crippen molar-refractivity contribution in [3.05, 3.63) is 12.4 Å². The molecule has 0 atom stereocenters. The van der Waals surface area contributed by atoms with Crippen LogP contribution in [0, 0.1) is 0 Å². The predicted octanol–water partition coefficient (Wildman–Crippen LogP) is 1.30. The second kappa shape index (κ2) is 5.44. The van der Waals surface area contributed by atoms with Gasteiger partial charge in [0.2, 0.25) is 17.7 Å². The summed E-state index contributed by atoms with van der Waals surface area (Å²) in [6.07, 6.45) is 6.03. The van der Waals surface area contributed by atoms with Gasteiger partial charge in [0.05, 0.1) is 0 Å². The average molecular weight is 273 g/mol. The molecule has 0 saturated carbocycles. The molecule has 0 amide bonds. The maximum absolute atomic E-state index is 4.58. The van der Waals surface area contributed by atoms with Crippen LogP contribution in [0.2, 0.25) is 0 Å². The van der Waals surface area contributed by atoms with E-state index in [1.54, 1.807) is 6.20 Å². The highest BCUT2D eigenvalue weighted by atomic mass is 15.3. The summed E-state index contributed by atoms with van der Waals surface area (Å²) in [5, 5.41) is 3.17. The van der Waals surface area contributed by atoms with Crippen LogP contribution in [0.25, 0.3) is 11.6 Å². The fraction of sp³-hybridized carbons (Fsp3) is 0.538. The van der Waals surface area contributed by atoms with Gasteiger partial charge in [0.15, 0.2) is 5.82 Å². The standard InChI is InChI=1S/C13H19N7/c1-3-14-12-16-10(11-15-6-9-19(11)2)17-13(18-12)20-7-4-5-8-20/h6,9H,3-5,7-8H2,1-2H3,(H,14,16,17,18). The van der Waals surface area contributed by atoms with Crippen molar-refractivity contribution in [2.45, 2.75) is 19.8 Å². The van der Waals surface area contributed by atoms with Crippen LogP contribution in [0.5, 0.6) is 0 Å². The highest BCUT2D eigenvalue weighted by molar-refractivity contribution is 5.51. The molecule has 1 aliphatic heterocycles. The van der Waals surface area contributed by atoms with Crippen molar-refractivity contribution in [1.29, 1.82) is 0 Å². The summed E-state index contributed by atoms with van der Waals surface area (Å²) in [5.74, 6) is 2.73. The van der Waals surface area contributed by atoms with Crippen LogP contribution in [-0.4, -0.2) is 44.1 Å². The van der Waals surface area contributed by atoms with E-state index in [2.05, 4.69) is 30.2 Å². The first-order valence-electron chi connectivity index (χ1n) is 7.00. The first-order valence-corrected chi connectivity index (χ1v) is 7.00. The van der Waals surface area contributed by atoms with Gasteiger partial charge in [0.25, 0.3) is 0 Å². The maximum atomic E-state index is 4.58. The summed E-state index contributed by atoms with van der Waals surface area (Å²) in [6, 6.07) is 0. The summed E-state index contributed by atoms with van der Waals surface area (Å²) in [5.41, 5.74) is 0. The van der Waals surface area contributed by atoms with Crippen LogP contribution >= 0.6 is 0 Å². The van der Waals surface area contributed by atoms with E-state index in [-0.39, 0.29) is 0 Å². The van der Waals surface area contributed by atoms with Crippen molar-refractivity contribution >= 4 is 11.9 Å². The normalized spacial score (nSPS) is 14.8. The third-order valence-corrected chi connectivity index (χ3v) is 3.37. The molecule has 0 unspecified atom stereocenters. The van der Waals surface area contributed by atoms with Gasteiger partial charge >= 0.3 is 0 Å². The molecule has 3 heterocycles. The van der Waals surface area contributed by atoms with Crippen LogP contribution in [0.15, 0.2) is 12.4 Å². The molecule has 1 aliphatic rings. The molecule has 1 fully saturated rings. The van der Waals surface area contributed by atoms with Crippen molar-refractivity contribution in [2.75, 3.05) is 29.9 Å². The van der Waals surface area contributed by atoms with Gasteiger partial charge in [-0.1, -0.05) is 0 Å². The van der Waals surface area contributed by atoms with Crippen molar-refractivity contribution < 1.29 is 0 Å². The van der Waals surface area contributed by atoms with Crippen molar-refractivity contribution in [2.24, 2.45) is 7.05 Å². The van der Waals surface area contributed by atoms with Crippen LogP contribution in [0.4, 0.5) is 11.9 Å². The molecular weight excluding hydrogens is 254 g/mol. The van der Waals surface area contributed by atoms with E-state index in [1.165, 1.54) is 12.8 Å². The molecule has 0 aliphatic carbocycles. The lowest BCUT2D eigenvalue weighted by Gasteiger charge is -2.16. The van der Waals surface area contributed by atoms with Crippen molar-refractivity contribution in [3.8, 4) is 11.6 Å². The van der Waals surface area contributed by atoms with Crippen LogP contribution < -0.4 is 10.2 Å². The Morgan fingerprint density at radius 3 is 2.65 bits per heavy atom. The second-order valence-electron chi connectivity index (χ2n) is 4.87. The number of nitrogens with zero attached hydrogens (tertiary/aromatic N) is 6. The Balaban J connectivity index is 2.02. The summed E-state index contributed by atoms with van der Waals surface area (Å²) in [4.78, 5) is 20.1. The molecule has 0 radical (unpaired) electrons. The Morgan fingerprint density at radius 2 is 2.00 bits per heavy atom. The van der Waals surface area contributed by atoms with Crippen molar-refractivity contribution in [3.63, 3.8) is 0 Å². The molecule has 1 N–H and O–H groups in total. The highest BCUT2D eigenvalue weighted by Crippen LogP contribution is 2.20. The van der Waals surface area contributed by atoms with E-state index in [9.17, 15) is 0 Å². The second-order valence-corrected chi connectivity index (χ2v) is 4.87. The third-order valence-electron chi connectivity index (χ3n) is 3.37. The lowest BCUT2D eigenvalue weighted by Crippen LogP contribution is -2.22. The lowest BCUT2D eigenvalue weighted by atomic mass is 10.4. The largest absolute Gasteiger partial charge is 0.354 e. The quantitative estimate of drug-likeness (QED) is 0.905. The van der Waals surface area contributed by atoms with Gasteiger partial charge in [0, 0.05) is 39.1 Å². The number of anilines is 2. The Kier molecular flexibility index (Phi) is 3.49. The zero-order valence-corrected chi connectivity index (χ0v) is 11.9. The monoisotopic (exact) mass is 273 g/mol. The SMILES string of the molecule is CCNc1nc(-c2nccn2C)nc(N2CCCC2)n1. The number of aryl methyl sites for hydroxylation is 1. The van der Waals surface area contributed by atoms with Gasteiger partial charge in [-0.15, -0.1) is 0 Å². The van der Waals surface area contributed by atoms with Gasteiger partial charge in [0.1, 0.15) is 0 Å². The Morgan fingerprint density at radius 1 is 1.20 bits per heavy atom. The number of hydrogen-bond donors (Lipinski definition) is 1. The topological polar surface area (TPSA) is 71.8 Å². The third kappa shape index (κ3) is 2.43. The average Bonchev–Trinajstić information content (AvgIpc) is 3.09. The molecule has 2 aromatic heterocycles. The predicted molar refractivity (Wildman–Crippen MR) is 77.6 cm³/mol. The number of hydrogen-bond acceptors (Lipinski definition) is 6. The molecule has 1 saturated heterocycles. The van der Waals surface area contributed by atoms with Gasteiger partial charge < -0.3 is 14.8 Å². The lowest BCUT2D eigenvalue weighted by molar-refractivity contribution is 0.860. The Bertz CT molecular complexity index is 586. The van der Waals surface area contributed by atoms with Crippen LogP contribution in [0.3, 0.4) is 0 Å². The summed E-state index contributed by atoms with van der Waals surface area (Å²) in [6.45, 7) is 4.83. The zero-order chi connectivity index (χ0) is 13.9. The maximum Gasteiger partial charge on any atom is 0.230 e. The zero-order valence-electron chi connectivity index (χ0n) is 11.9. The van der Waals surface area contributed by atoms with Crippen molar-refractivity contribution in [1.82, 2.24) is 24.5 Å². The molecule has 7 nitrogen and oxygen atoms in total. The summed E-state index contributed by atoms with van der Waals surface area (Å²) in [7, 11) is 1.94. The Hall–Kier alpha value is -2.18. The van der Waals surface area contributed by atoms with Crippen LogP contribution in [-0.2, 0) is 7.05 Å². The number of imidazole rings is 1. The van der Waals surface area contributed by atoms with E-state index in [0.717, 1.165) is 31.4 Å². The molecule has 0 bridgehead atoms. The van der Waals surface area contributed by atoms with Gasteiger partial charge in [-0.05, 0) is 19.8 Å². The molecule has 0 spiro atoms. The fourth-order valence-corrected chi connectivity index (χ4v) is 2.34. The number of aromatic nitrogens is 5. The molecule has 0 aromatic carbocycles. The minimum Gasteiger partial charge on any atom is -0.354 e. The molecule has 7 heteroatoms. The van der Waals surface area contributed by atoms with Gasteiger partial charge in [-0.25, -0.2) is 4.98 Å². The van der Waals surface area contributed by atoms with Gasteiger partial charge in [-0.3, -0.25) is 0 Å². The summed E-state index contributed by atoms with van der Waals surface area (Å²) >= 11 is 0.